The van der Waals surface area contributed by atoms with Gasteiger partial charge in [-0.3, -0.25) is 9.59 Å². The van der Waals surface area contributed by atoms with Gasteiger partial charge in [0, 0.05) is 18.9 Å². The molecule has 0 saturated carbocycles. The molecule has 0 radical (unpaired) electrons. The molecule has 0 aliphatic heterocycles. The zero-order valence-electron chi connectivity index (χ0n) is 19.3. The summed E-state index contributed by atoms with van der Waals surface area (Å²) in [7, 11) is 1.27. The third-order valence-electron chi connectivity index (χ3n) is 5.13. The number of aromatic nitrogens is 2. The molecule has 12 heteroatoms. The van der Waals surface area contributed by atoms with Crippen LogP contribution in [0.4, 0.5) is 13.2 Å². The van der Waals surface area contributed by atoms with Crippen LogP contribution in [0.2, 0.25) is 0 Å². The lowest BCUT2D eigenvalue weighted by atomic mass is 10.0. The highest BCUT2D eigenvalue weighted by atomic mass is 19.4. The number of hydrogen-bond donors (Lipinski definition) is 3. The molecule has 9 nitrogen and oxygen atoms in total. The van der Waals surface area contributed by atoms with E-state index in [1.807, 2.05) is 0 Å². The van der Waals surface area contributed by atoms with Crippen molar-refractivity contribution < 1.29 is 37.3 Å². The Balaban J connectivity index is 1.64. The van der Waals surface area contributed by atoms with E-state index in [0.29, 0.717) is 5.56 Å². The first-order valence-corrected chi connectivity index (χ1v) is 10.5. The molecule has 190 valence electrons. The Labute approximate surface area is 204 Å². The summed E-state index contributed by atoms with van der Waals surface area (Å²) in [4.78, 5) is 32.5. The number of halogens is 3. The summed E-state index contributed by atoms with van der Waals surface area (Å²) in [6.07, 6.45) is -0.857. The van der Waals surface area contributed by atoms with Crippen LogP contribution in [-0.2, 0) is 17.5 Å². The van der Waals surface area contributed by atoms with E-state index in [4.69, 9.17) is 9.47 Å². The number of carbonyl (C=O) groups excluding carboxylic acids is 2. The van der Waals surface area contributed by atoms with E-state index in [2.05, 4.69) is 20.6 Å². The van der Waals surface area contributed by atoms with Crippen LogP contribution in [0.25, 0.3) is 0 Å². The van der Waals surface area contributed by atoms with E-state index < -0.39 is 35.7 Å². The summed E-state index contributed by atoms with van der Waals surface area (Å²) >= 11 is 0. The first kappa shape index (κ1) is 26.4. The number of nitrogens with one attached hydrogen (secondary N) is 2. The van der Waals surface area contributed by atoms with Crippen LogP contribution >= 0.6 is 0 Å². The minimum absolute atomic E-state index is 0.0232. The molecule has 2 aromatic carbocycles. The molecule has 0 saturated heterocycles. The SMILES string of the molecule is COc1ccc(Oc2ccc(CNC(=O)[C@](C)(CO)NC(=O)c3cncnc3)cc2)c(C(F)(F)F)c1. The Morgan fingerprint density at radius 2 is 1.67 bits per heavy atom. The van der Waals surface area contributed by atoms with Crippen LogP contribution in [0.5, 0.6) is 17.2 Å². The van der Waals surface area contributed by atoms with Crippen LogP contribution in [0.15, 0.2) is 61.2 Å². The van der Waals surface area contributed by atoms with E-state index >= 15 is 0 Å². The molecule has 0 aliphatic rings. The first-order valence-electron chi connectivity index (χ1n) is 10.5. The highest BCUT2D eigenvalue weighted by molar-refractivity contribution is 5.98. The maximum atomic E-state index is 13.4. The van der Waals surface area contributed by atoms with Gasteiger partial charge in [0.2, 0.25) is 5.91 Å². The molecule has 0 bridgehead atoms. The Morgan fingerprint density at radius 3 is 2.25 bits per heavy atom. The van der Waals surface area contributed by atoms with Gasteiger partial charge >= 0.3 is 6.18 Å². The smallest absolute Gasteiger partial charge is 0.420 e. The molecule has 2 amide bonds. The fourth-order valence-electron chi connectivity index (χ4n) is 3.03. The van der Waals surface area contributed by atoms with Gasteiger partial charge in [-0.2, -0.15) is 13.2 Å². The normalized spacial score (nSPS) is 12.8. The molecule has 0 unspecified atom stereocenters. The molecule has 36 heavy (non-hydrogen) atoms. The summed E-state index contributed by atoms with van der Waals surface area (Å²) in [6, 6.07) is 9.40. The molecule has 1 atom stereocenters. The zero-order valence-corrected chi connectivity index (χ0v) is 19.3. The predicted molar refractivity (Wildman–Crippen MR) is 121 cm³/mol. The number of hydrogen-bond acceptors (Lipinski definition) is 7. The van der Waals surface area contributed by atoms with Crippen molar-refractivity contribution in [3.63, 3.8) is 0 Å². The average Bonchev–Trinajstić information content (AvgIpc) is 2.88. The minimum Gasteiger partial charge on any atom is -0.497 e. The lowest BCUT2D eigenvalue weighted by Gasteiger charge is -2.27. The van der Waals surface area contributed by atoms with Gasteiger partial charge in [-0.1, -0.05) is 12.1 Å². The molecule has 3 aromatic rings. The van der Waals surface area contributed by atoms with Crippen molar-refractivity contribution >= 4 is 11.8 Å². The number of aliphatic hydroxyl groups is 1. The molecule has 0 fully saturated rings. The zero-order chi connectivity index (χ0) is 26.3. The monoisotopic (exact) mass is 504 g/mol. The average molecular weight is 504 g/mol. The number of alkyl halides is 3. The number of benzene rings is 2. The van der Waals surface area contributed by atoms with E-state index in [9.17, 15) is 27.9 Å². The minimum atomic E-state index is -4.64. The van der Waals surface area contributed by atoms with Crippen molar-refractivity contribution in [1.29, 1.82) is 0 Å². The number of nitrogens with zero attached hydrogens (tertiary/aromatic N) is 2. The van der Waals surface area contributed by atoms with Gasteiger partial charge < -0.3 is 25.2 Å². The maximum Gasteiger partial charge on any atom is 0.420 e. The highest BCUT2D eigenvalue weighted by Gasteiger charge is 2.36. The fraction of sp³-hybridized carbons (Fsp3) is 0.250. The number of amides is 2. The summed E-state index contributed by atoms with van der Waals surface area (Å²) in [5.74, 6) is -1.48. The van der Waals surface area contributed by atoms with E-state index in [1.54, 1.807) is 12.1 Å². The lowest BCUT2D eigenvalue weighted by Crippen LogP contribution is -2.59. The summed E-state index contributed by atoms with van der Waals surface area (Å²) in [5.41, 5.74) is -1.89. The summed E-state index contributed by atoms with van der Waals surface area (Å²) < 4.78 is 50.4. The second-order valence-corrected chi connectivity index (χ2v) is 7.86. The van der Waals surface area contributed by atoms with Gasteiger partial charge in [0.1, 0.15) is 34.7 Å². The molecule has 1 heterocycles. The van der Waals surface area contributed by atoms with Gasteiger partial charge in [-0.15, -0.1) is 0 Å². The maximum absolute atomic E-state index is 13.4. The Kier molecular flexibility index (Phi) is 8.10. The largest absolute Gasteiger partial charge is 0.497 e. The van der Waals surface area contributed by atoms with Crippen molar-refractivity contribution in [3.8, 4) is 17.2 Å². The molecular formula is C24H23F3N4O5. The van der Waals surface area contributed by atoms with E-state index in [-0.39, 0.29) is 29.4 Å². The highest BCUT2D eigenvalue weighted by Crippen LogP contribution is 2.40. The second-order valence-electron chi connectivity index (χ2n) is 7.86. The van der Waals surface area contributed by atoms with Crippen molar-refractivity contribution in [2.24, 2.45) is 0 Å². The van der Waals surface area contributed by atoms with Crippen LogP contribution in [-0.4, -0.2) is 46.1 Å². The molecule has 3 N–H and O–H groups in total. The number of rotatable bonds is 9. The predicted octanol–water partition coefficient (Wildman–Crippen LogP) is 3.09. The van der Waals surface area contributed by atoms with Crippen LogP contribution in [0, 0.1) is 0 Å². The Morgan fingerprint density at radius 1 is 1.03 bits per heavy atom. The molecule has 0 aliphatic carbocycles. The number of aliphatic hydroxyl groups excluding tert-OH is 1. The van der Waals surface area contributed by atoms with Crippen LogP contribution in [0.1, 0.15) is 28.4 Å². The van der Waals surface area contributed by atoms with Crippen molar-refractivity contribution in [2.45, 2.75) is 25.2 Å². The lowest BCUT2D eigenvalue weighted by molar-refractivity contribution is -0.138. The summed E-state index contributed by atoms with van der Waals surface area (Å²) in [6.45, 7) is 0.706. The van der Waals surface area contributed by atoms with Gasteiger partial charge in [-0.25, -0.2) is 9.97 Å². The van der Waals surface area contributed by atoms with Crippen LogP contribution in [0.3, 0.4) is 0 Å². The molecule has 3 rings (SSSR count). The number of ether oxygens (including phenoxy) is 2. The quantitative estimate of drug-likeness (QED) is 0.409. The van der Waals surface area contributed by atoms with Crippen LogP contribution < -0.4 is 20.1 Å². The summed E-state index contributed by atoms with van der Waals surface area (Å²) in [5, 5.41) is 14.8. The second kappa shape index (κ2) is 11.0. The van der Waals surface area contributed by atoms with Crippen molar-refractivity contribution in [2.75, 3.05) is 13.7 Å². The Hall–Kier alpha value is -4.19. The molecular weight excluding hydrogens is 481 g/mol. The third-order valence-corrected chi connectivity index (χ3v) is 5.13. The first-order chi connectivity index (χ1) is 17.1. The van der Waals surface area contributed by atoms with Gasteiger partial charge in [0.05, 0.1) is 19.3 Å². The molecule has 1 aromatic heterocycles. The van der Waals surface area contributed by atoms with Gasteiger partial charge in [0.15, 0.2) is 0 Å². The topological polar surface area (TPSA) is 123 Å². The number of carbonyl (C=O) groups is 2. The number of methoxy groups -OCH3 is 1. The van der Waals surface area contributed by atoms with Gasteiger partial charge in [0.25, 0.3) is 5.91 Å². The molecule has 0 spiro atoms. The Bertz CT molecular complexity index is 1210. The third kappa shape index (κ3) is 6.48. The van der Waals surface area contributed by atoms with E-state index in [1.165, 1.54) is 57.0 Å². The van der Waals surface area contributed by atoms with Crippen molar-refractivity contribution in [1.82, 2.24) is 20.6 Å². The fourth-order valence-corrected chi connectivity index (χ4v) is 3.03. The standard InChI is InChI=1S/C24H23F3N4O5/c1-23(13-32,31-21(33)16-11-28-14-29-12-16)22(34)30-10-15-3-5-17(6-4-15)36-20-8-7-18(35-2)9-19(20)24(25,26)27/h3-9,11-12,14,32H,10,13H2,1-2H3,(H,30,34)(H,31,33)/t23-/m0/s1. The van der Waals surface area contributed by atoms with E-state index in [0.717, 1.165) is 6.07 Å². The van der Waals surface area contributed by atoms with Crippen molar-refractivity contribution in [3.05, 3.63) is 77.9 Å². The van der Waals surface area contributed by atoms with Gasteiger partial charge in [-0.05, 0) is 42.8 Å².